The van der Waals surface area contributed by atoms with Gasteiger partial charge in [0.25, 0.3) is 5.91 Å². The van der Waals surface area contributed by atoms with E-state index < -0.39 is 23.2 Å². The molecular formula is C30H37BrN2O7. The maximum absolute atomic E-state index is 14.4. The van der Waals surface area contributed by atoms with Crippen LogP contribution in [-0.4, -0.2) is 78.4 Å². The Balaban J connectivity index is 1.74. The minimum Gasteiger partial charge on any atom is -0.494 e. The first-order chi connectivity index (χ1) is 19.1. The molecular weight excluding hydrogens is 580 g/mol. The zero-order valence-corrected chi connectivity index (χ0v) is 24.8. The molecule has 0 aromatic heterocycles. The molecule has 0 spiro atoms. The molecule has 2 aromatic rings. The maximum atomic E-state index is 14.4. The van der Waals surface area contributed by atoms with E-state index in [2.05, 4.69) is 15.9 Å². The van der Waals surface area contributed by atoms with E-state index in [9.17, 15) is 9.59 Å². The number of aliphatic hydroxyl groups excluding tert-OH is 1. The molecule has 0 aliphatic carbocycles. The first kappa shape index (κ1) is 30.0. The number of halogens is 1. The number of nitrogens with zero attached hydrogens (tertiary/aromatic N) is 2. The Morgan fingerprint density at radius 1 is 1.12 bits per heavy atom. The van der Waals surface area contributed by atoms with Gasteiger partial charge in [0.1, 0.15) is 11.4 Å². The fourth-order valence-corrected chi connectivity index (χ4v) is 5.24. The summed E-state index contributed by atoms with van der Waals surface area (Å²) in [7, 11) is 0. The van der Waals surface area contributed by atoms with Crippen LogP contribution < -0.4 is 4.74 Å². The van der Waals surface area contributed by atoms with Crippen molar-refractivity contribution in [1.82, 2.24) is 4.90 Å². The molecule has 2 atom stereocenters. The van der Waals surface area contributed by atoms with Crippen molar-refractivity contribution in [2.75, 3.05) is 39.5 Å². The van der Waals surface area contributed by atoms with E-state index in [0.717, 1.165) is 10.0 Å². The summed E-state index contributed by atoms with van der Waals surface area (Å²) in [5.74, 6) is 0.354. The third-order valence-electron chi connectivity index (χ3n) is 6.62. The van der Waals surface area contributed by atoms with Gasteiger partial charge in [0.15, 0.2) is 11.6 Å². The van der Waals surface area contributed by atoms with Crippen LogP contribution in [0.1, 0.15) is 57.3 Å². The fraction of sp³-hybridized carbons (Fsp3) is 0.500. The minimum atomic E-state index is -1.40. The molecule has 40 heavy (non-hydrogen) atoms. The second-order valence-electron chi connectivity index (χ2n) is 10.8. The van der Waals surface area contributed by atoms with E-state index in [4.69, 9.17) is 29.0 Å². The highest BCUT2D eigenvalue weighted by Crippen LogP contribution is 2.46. The number of aliphatic hydroxyl groups is 1. The molecule has 216 valence electrons. The van der Waals surface area contributed by atoms with E-state index in [0.29, 0.717) is 56.5 Å². The Kier molecular flexibility index (Phi) is 9.86. The predicted octanol–water partition coefficient (Wildman–Crippen LogP) is 4.45. The standard InChI is InChI=1S/C30H37BrN2O7/c1-29(2,3)40-25(35)13-14-30(28(36)33-15-19-37-20-16-33)26(23-7-4-5-8-24(23)31)39-27(32-30)21-9-11-22(12-10-21)38-18-6-17-34/h4-5,7-12,26,34H,6,13-20H2,1-3H3/t26-,30-/m1/s1. The van der Waals surface area contributed by atoms with Crippen molar-refractivity contribution in [2.24, 2.45) is 4.99 Å². The molecule has 1 fully saturated rings. The highest BCUT2D eigenvalue weighted by Gasteiger charge is 2.55. The topological polar surface area (TPSA) is 107 Å². The largest absolute Gasteiger partial charge is 0.494 e. The molecule has 1 amide bonds. The number of aliphatic imine (C=N–C) groups is 1. The Bertz CT molecular complexity index is 1210. The fourth-order valence-electron chi connectivity index (χ4n) is 4.74. The zero-order chi connectivity index (χ0) is 28.8. The SMILES string of the molecule is CC(C)(C)OC(=O)CC[C@@]1(C(=O)N2CCOCC2)N=C(c2ccc(OCCCO)cc2)O[C@@H]1c1ccccc1Br. The van der Waals surface area contributed by atoms with E-state index in [1.807, 2.05) is 57.2 Å². The predicted molar refractivity (Wildman–Crippen MR) is 153 cm³/mol. The van der Waals surface area contributed by atoms with Crippen molar-refractivity contribution in [3.8, 4) is 5.75 Å². The Hall–Kier alpha value is -2.95. The van der Waals surface area contributed by atoms with Gasteiger partial charge in [-0.3, -0.25) is 9.59 Å². The van der Waals surface area contributed by atoms with E-state index in [-0.39, 0.29) is 25.4 Å². The minimum absolute atomic E-state index is 0.00786. The number of carbonyl (C=O) groups is 2. The Labute approximate surface area is 243 Å². The molecule has 2 aromatic carbocycles. The highest BCUT2D eigenvalue weighted by molar-refractivity contribution is 9.10. The van der Waals surface area contributed by atoms with Gasteiger partial charge in [-0.05, 0) is 57.5 Å². The molecule has 0 saturated carbocycles. The molecule has 1 saturated heterocycles. The van der Waals surface area contributed by atoms with E-state index >= 15 is 0 Å². The molecule has 2 aliphatic heterocycles. The third-order valence-corrected chi connectivity index (χ3v) is 7.35. The van der Waals surface area contributed by atoms with Gasteiger partial charge in [-0.15, -0.1) is 0 Å². The van der Waals surface area contributed by atoms with Gasteiger partial charge in [0.2, 0.25) is 5.90 Å². The van der Waals surface area contributed by atoms with Crippen molar-refractivity contribution >= 4 is 33.7 Å². The van der Waals surface area contributed by atoms with Crippen LogP contribution in [-0.2, 0) is 23.8 Å². The summed E-state index contributed by atoms with van der Waals surface area (Å²) in [5.41, 5.74) is -0.609. The lowest BCUT2D eigenvalue weighted by Crippen LogP contribution is -2.53. The summed E-state index contributed by atoms with van der Waals surface area (Å²) in [5, 5.41) is 9.01. The molecule has 9 nitrogen and oxygen atoms in total. The van der Waals surface area contributed by atoms with E-state index in [1.165, 1.54) is 0 Å². The number of benzene rings is 2. The van der Waals surface area contributed by atoms with Crippen LogP contribution in [0.25, 0.3) is 0 Å². The number of hydrogen-bond acceptors (Lipinski definition) is 8. The molecule has 0 unspecified atom stereocenters. The van der Waals surface area contributed by atoms with Gasteiger partial charge in [-0.25, -0.2) is 4.99 Å². The van der Waals surface area contributed by atoms with Crippen LogP contribution in [0.4, 0.5) is 0 Å². The number of morpholine rings is 1. The van der Waals surface area contributed by atoms with E-state index in [1.54, 1.807) is 17.0 Å². The van der Waals surface area contributed by atoms with Crippen molar-refractivity contribution in [1.29, 1.82) is 0 Å². The average molecular weight is 618 g/mol. The second kappa shape index (κ2) is 13.1. The molecule has 4 rings (SSSR count). The average Bonchev–Trinajstić information content (AvgIpc) is 3.32. The number of hydrogen-bond donors (Lipinski definition) is 1. The molecule has 0 radical (unpaired) electrons. The summed E-state index contributed by atoms with van der Waals surface area (Å²) in [6.07, 6.45) is -0.145. The van der Waals surface area contributed by atoms with Gasteiger partial charge >= 0.3 is 5.97 Å². The first-order valence-corrected chi connectivity index (χ1v) is 14.4. The Morgan fingerprint density at radius 2 is 1.82 bits per heavy atom. The van der Waals surface area contributed by atoms with Crippen molar-refractivity contribution < 1.29 is 33.6 Å². The van der Waals surface area contributed by atoms with Crippen molar-refractivity contribution in [3.05, 3.63) is 64.1 Å². The highest BCUT2D eigenvalue weighted by atomic mass is 79.9. The lowest BCUT2D eigenvalue weighted by atomic mass is 9.82. The van der Waals surface area contributed by atoms with Crippen molar-refractivity contribution in [2.45, 2.75) is 57.3 Å². The Morgan fingerprint density at radius 3 is 2.48 bits per heavy atom. The van der Waals surface area contributed by atoms with Crippen LogP contribution in [0.5, 0.6) is 5.75 Å². The summed E-state index contributed by atoms with van der Waals surface area (Å²) >= 11 is 3.64. The van der Waals surface area contributed by atoms with Gasteiger partial charge in [-0.2, -0.15) is 0 Å². The first-order valence-electron chi connectivity index (χ1n) is 13.6. The normalized spacial score (nSPS) is 21.0. The van der Waals surface area contributed by atoms with Gasteiger partial charge < -0.3 is 29.0 Å². The number of ether oxygens (including phenoxy) is 4. The van der Waals surface area contributed by atoms with Crippen LogP contribution in [0.3, 0.4) is 0 Å². The zero-order valence-electron chi connectivity index (χ0n) is 23.2. The maximum Gasteiger partial charge on any atom is 0.306 e. The summed E-state index contributed by atoms with van der Waals surface area (Å²) < 4.78 is 24.1. The quantitative estimate of drug-likeness (QED) is 0.310. The van der Waals surface area contributed by atoms with Crippen molar-refractivity contribution in [3.63, 3.8) is 0 Å². The summed E-state index contributed by atoms with van der Waals surface area (Å²) in [6, 6.07) is 14.8. The molecule has 10 heteroatoms. The molecule has 2 heterocycles. The smallest absolute Gasteiger partial charge is 0.306 e. The van der Waals surface area contributed by atoms with Crippen LogP contribution in [0.15, 0.2) is 58.0 Å². The summed E-state index contributed by atoms with van der Waals surface area (Å²) in [4.78, 5) is 34.0. The lowest BCUT2D eigenvalue weighted by molar-refractivity contribution is -0.156. The summed E-state index contributed by atoms with van der Waals surface area (Å²) in [6.45, 7) is 7.63. The molecule has 2 aliphatic rings. The van der Waals surface area contributed by atoms with Gasteiger partial charge in [0.05, 0.1) is 19.8 Å². The van der Waals surface area contributed by atoms with Gasteiger partial charge in [0, 0.05) is 48.1 Å². The van der Waals surface area contributed by atoms with Gasteiger partial charge in [-0.1, -0.05) is 34.1 Å². The molecule has 1 N–H and O–H groups in total. The number of esters is 1. The van der Waals surface area contributed by atoms with Crippen LogP contribution in [0, 0.1) is 0 Å². The third kappa shape index (κ3) is 7.21. The van der Waals surface area contributed by atoms with Crippen LogP contribution >= 0.6 is 15.9 Å². The number of amides is 1. The van der Waals surface area contributed by atoms with Crippen LogP contribution in [0.2, 0.25) is 0 Å². The molecule has 0 bridgehead atoms. The lowest BCUT2D eigenvalue weighted by Gasteiger charge is -2.37. The number of carbonyl (C=O) groups excluding carboxylic acids is 2. The number of rotatable bonds is 10. The monoisotopic (exact) mass is 616 g/mol. The second-order valence-corrected chi connectivity index (χ2v) is 11.7.